The number of hydrogen-bond donors (Lipinski definition) is 0. The minimum Gasteiger partial charge on any atom is -0.456 e. The van der Waals surface area contributed by atoms with Crippen LogP contribution in [-0.2, 0) is 21.7 Å². The zero-order valence-corrected chi connectivity index (χ0v) is 58.2. The third-order valence-corrected chi connectivity index (χ3v) is 23.9. The Hall–Kier alpha value is -7.62. The molecule has 0 amide bonds. The van der Waals surface area contributed by atoms with E-state index in [-0.39, 0.29) is 21.7 Å². The highest BCUT2D eigenvalue weighted by molar-refractivity contribution is 6.21. The Bertz CT molecular complexity index is 4620. The van der Waals surface area contributed by atoms with Crippen LogP contribution in [0, 0.1) is 6.92 Å². The summed E-state index contributed by atoms with van der Waals surface area (Å²) in [5, 5.41) is 5.04. The van der Waals surface area contributed by atoms with Crippen LogP contribution in [0.3, 0.4) is 0 Å². The first-order valence-corrected chi connectivity index (χ1v) is 37.3. The maximum Gasteiger partial charge on any atom is 0.144 e. The number of benzene rings is 9. The number of fused-ring (bicyclic) bond motifs is 22. The average molecular weight is 1240 g/mol. The molecule has 0 N–H and O–H groups in total. The number of hydrogen-bond acceptors (Lipinski definition) is 3. The molecule has 94 heavy (non-hydrogen) atoms. The highest BCUT2D eigenvalue weighted by atomic mass is 16.3. The Labute approximate surface area is 561 Å². The van der Waals surface area contributed by atoms with E-state index in [1.165, 1.54) is 258 Å². The van der Waals surface area contributed by atoms with Crippen molar-refractivity contribution in [3.05, 3.63) is 208 Å². The molecule has 4 aliphatic carbocycles. The van der Waals surface area contributed by atoms with E-state index in [2.05, 4.69) is 225 Å². The highest BCUT2D eigenvalue weighted by Gasteiger charge is 2.54. The van der Waals surface area contributed by atoms with E-state index in [0.29, 0.717) is 0 Å². The summed E-state index contributed by atoms with van der Waals surface area (Å²) in [5.41, 5.74) is 31.3. The van der Waals surface area contributed by atoms with Gasteiger partial charge in [0.2, 0.25) is 0 Å². The van der Waals surface area contributed by atoms with Gasteiger partial charge in [0.15, 0.2) is 0 Å². The average Bonchev–Trinajstić information content (AvgIpc) is 1.50. The zero-order valence-electron chi connectivity index (χ0n) is 58.2. The molecule has 4 aliphatic rings. The fourth-order valence-corrected chi connectivity index (χ4v) is 19.1. The van der Waals surface area contributed by atoms with Crippen molar-refractivity contribution in [1.82, 2.24) is 0 Å². The molecule has 9 aromatic carbocycles. The van der Waals surface area contributed by atoms with Crippen molar-refractivity contribution in [2.24, 2.45) is 0 Å². The van der Waals surface area contributed by atoms with E-state index >= 15 is 0 Å². The van der Waals surface area contributed by atoms with Gasteiger partial charge in [0.25, 0.3) is 0 Å². The second kappa shape index (κ2) is 25.2. The van der Waals surface area contributed by atoms with E-state index < -0.39 is 0 Å². The lowest BCUT2D eigenvalue weighted by Crippen LogP contribution is -2.33. The molecule has 3 heteroatoms. The number of anilines is 3. The van der Waals surface area contributed by atoms with Crippen molar-refractivity contribution in [3.63, 3.8) is 0 Å². The monoisotopic (exact) mass is 1240 g/mol. The molecule has 0 atom stereocenters. The van der Waals surface area contributed by atoms with Crippen LogP contribution in [0.5, 0.6) is 0 Å². The van der Waals surface area contributed by atoms with E-state index in [0.717, 1.165) is 35.2 Å². The van der Waals surface area contributed by atoms with Crippen molar-refractivity contribution in [2.75, 3.05) is 4.90 Å². The number of rotatable bonds is 27. The quantitative estimate of drug-likeness (QED) is 0.0481. The summed E-state index contributed by atoms with van der Waals surface area (Å²) in [5.74, 6) is 0. The summed E-state index contributed by atoms with van der Waals surface area (Å²) in [4.78, 5) is 2.63. The zero-order chi connectivity index (χ0) is 64.5. The van der Waals surface area contributed by atoms with Gasteiger partial charge in [0.1, 0.15) is 22.3 Å². The van der Waals surface area contributed by atoms with Gasteiger partial charge in [-0.05, 0) is 183 Å². The molecule has 3 nitrogen and oxygen atoms in total. The Morgan fingerprint density at radius 2 is 0.777 bits per heavy atom. The standard InChI is InChI=1S/C91H101NO2/c1-10-14-18-22-32-52-90(53-33-23-19-15-11-2)71-39-29-26-36-65(71)82-83-68-38-28-31-41-78(68)94-87(83)84-66-49-47-63(57-76(66)91(86(84)85(82)90,54-34-24-20-16-12-3)55-35-25-21-17-13-4)92(61-44-42-60(5)43-45-61)62-46-48-64-69-58-75-70(59-74(69)89(8,9)73(64)56-62)80-72(88(75,6)7)50-51-79-81(80)67-37-27-30-40-77(67)93-79/h26-31,36-51,56-59H,10-25,32-35,52-55H2,1-9H3. The minimum atomic E-state index is -0.271. The highest BCUT2D eigenvalue weighted by Crippen LogP contribution is 2.68. The van der Waals surface area contributed by atoms with Crippen LogP contribution in [0.4, 0.5) is 17.1 Å². The second-order valence-electron chi connectivity index (χ2n) is 30.5. The minimum absolute atomic E-state index is 0.122. The lowest BCUT2D eigenvalue weighted by atomic mass is 9.62. The summed E-state index contributed by atoms with van der Waals surface area (Å²) in [6, 6.07) is 62.0. The summed E-state index contributed by atoms with van der Waals surface area (Å²) >= 11 is 0. The number of para-hydroxylation sites is 2. The molecule has 11 aromatic rings. The molecule has 2 heterocycles. The van der Waals surface area contributed by atoms with Crippen LogP contribution in [0.25, 0.3) is 88.4 Å². The predicted molar refractivity (Wildman–Crippen MR) is 401 cm³/mol. The third-order valence-electron chi connectivity index (χ3n) is 23.9. The molecule has 2 aromatic heterocycles. The fraction of sp³-hybridized carbons (Fsp3) is 0.407. The lowest BCUT2D eigenvalue weighted by molar-refractivity contribution is 0.369. The Balaban J connectivity index is 0.947. The first-order chi connectivity index (χ1) is 45.9. The molecular formula is C91H101NO2. The fourth-order valence-electron chi connectivity index (χ4n) is 19.1. The molecule has 0 bridgehead atoms. The van der Waals surface area contributed by atoms with Crippen LogP contribution in [-0.4, -0.2) is 0 Å². The number of unbranched alkanes of at least 4 members (excludes halogenated alkanes) is 16. The summed E-state index contributed by atoms with van der Waals surface area (Å²) in [6.07, 6.45) is 30.0. The molecule has 482 valence electrons. The number of furan rings is 2. The van der Waals surface area contributed by atoms with Gasteiger partial charge in [0, 0.05) is 65.8 Å². The van der Waals surface area contributed by atoms with Crippen LogP contribution in [0.15, 0.2) is 167 Å². The van der Waals surface area contributed by atoms with Gasteiger partial charge in [-0.3, -0.25) is 0 Å². The van der Waals surface area contributed by atoms with Gasteiger partial charge in [-0.15, -0.1) is 0 Å². The summed E-state index contributed by atoms with van der Waals surface area (Å²) < 4.78 is 14.2. The van der Waals surface area contributed by atoms with Crippen molar-refractivity contribution >= 4 is 60.9 Å². The second-order valence-corrected chi connectivity index (χ2v) is 30.5. The lowest BCUT2D eigenvalue weighted by Gasteiger charge is -2.40. The normalized spacial score (nSPS) is 15.4. The van der Waals surface area contributed by atoms with Crippen LogP contribution in [0.2, 0.25) is 0 Å². The van der Waals surface area contributed by atoms with Crippen molar-refractivity contribution in [1.29, 1.82) is 0 Å². The van der Waals surface area contributed by atoms with Gasteiger partial charge < -0.3 is 13.7 Å². The molecule has 15 rings (SSSR count). The van der Waals surface area contributed by atoms with E-state index in [1.54, 1.807) is 16.7 Å². The molecule has 0 saturated heterocycles. The largest absolute Gasteiger partial charge is 0.456 e. The maximum absolute atomic E-state index is 7.61. The van der Waals surface area contributed by atoms with Crippen LogP contribution < -0.4 is 4.90 Å². The molecule has 0 aliphatic heterocycles. The van der Waals surface area contributed by atoms with Gasteiger partial charge in [0.05, 0.1) is 0 Å². The van der Waals surface area contributed by atoms with Crippen molar-refractivity contribution < 1.29 is 8.83 Å². The summed E-state index contributed by atoms with van der Waals surface area (Å²) in [7, 11) is 0. The van der Waals surface area contributed by atoms with Gasteiger partial charge in [-0.25, -0.2) is 0 Å². The van der Waals surface area contributed by atoms with Gasteiger partial charge >= 0.3 is 0 Å². The molecule has 0 radical (unpaired) electrons. The van der Waals surface area contributed by atoms with E-state index in [1.807, 2.05) is 0 Å². The Morgan fingerprint density at radius 3 is 1.39 bits per heavy atom. The predicted octanol–water partition coefficient (Wildman–Crippen LogP) is 27.9. The molecule has 0 unspecified atom stereocenters. The Morgan fingerprint density at radius 1 is 0.319 bits per heavy atom. The summed E-state index contributed by atoms with van der Waals surface area (Å²) in [6.45, 7) is 21.5. The number of nitrogens with zero attached hydrogens (tertiary/aromatic N) is 1. The van der Waals surface area contributed by atoms with Gasteiger partial charge in [-0.1, -0.05) is 280 Å². The SMILES string of the molecule is CCCCCCCC1(CCCCCCC)c2cc(N(c3ccc(C)cc3)c3ccc4c(c3)C(C)(C)c3cc5c(cc3-4)C(C)(C)c3ccc4oc6ccccc6c4c3-5)ccc2-c2c1c1c(c3c2oc2ccccc23)-c2ccccc2C1(CCCCCCC)CCCCCCC. The molecule has 0 saturated carbocycles. The first-order valence-electron chi connectivity index (χ1n) is 37.3. The molecule has 0 spiro atoms. The number of aryl methyl sites for hydroxylation is 1. The first kappa shape index (κ1) is 62.5. The topological polar surface area (TPSA) is 29.5 Å². The van der Waals surface area contributed by atoms with Gasteiger partial charge in [-0.2, -0.15) is 0 Å². The smallest absolute Gasteiger partial charge is 0.144 e. The van der Waals surface area contributed by atoms with E-state index in [4.69, 9.17) is 8.83 Å². The van der Waals surface area contributed by atoms with Crippen LogP contribution >= 0.6 is 0 Å². The maximum atomic E-state index is 7.61. The van der Waals surface area contributed by atoms with Crippen molar-refractivity contribution in [2.45, 2.75) is 238 Å². The van der Waals surface area contributed by atoms with Crippen LogP contribution in [0.1, 0.15) is 260 Å². The third kappa shape index (κ3) is 9.99. The van der Waals surface area contributed by atoms with E-state index in [9.17, 15) is 0 Å². The molecular weight excluding hydrogens is 1140 g/mol. The van der Waals surface area contributed by atoms with Crippen molar-refractivity contribution in [3.8, 4) is 44.5 Å². The Kier molecular flexibility index (Phi) is 16.7. The molecule has 0 fully saturated rings.